The lowest BCUT2D eigenvalue weighted by Gasteiger charge is -2.02. The number of carbonyl (C=O) groups excluding carboxylic acids is 1. The number of aromatic carboxylic acids is 1. The van der Waals surface area contributed by atoms with E-state index in [1.807, 2.05) is 31.2 Å². The number of carbonyl (C=O) groups is 2. The number of aryl methyl sites for hydroxylation is 1. The molecule has 0 atom stereocenters. The van der Waals surface area contributed by atoms with Crippen molar-refractivity contribution in [2.45, 2.75) is 6.92 Å². The van der Waals surface area contributed by atoms with Gasteiger partial charge >= 0.3 is 5.97 Å². The summed E-state index contributed by atoms with van der Waals surface area (Å²) in [5.74, 6) is -0.409. The fraction of sp³-hybridized carbons (Fsp3) is 0.0455. The Labute approximate surface area is 171 Å². The monoisotopic (exact) mass is 404 g/mol. The molecule has 1 saturated heterocycles. The van der Waals surface area contributed by atoms with E-state index in [1.54, 1.807) is 36.4 Å². The summed E-state index contributed by atoms with van der Waals surface area (Å²) >= 11 is 1.23. The molecular weight excluding hydrogens is 388 g/mol. The molecule has 0 bridgehead atoms. The van der Waals surface area contributed by atoms with Crippen LogP contribution in [0.15, 0.2) is 75.0 Å². The zero-order valence-electron chi connectivity index (χ0n) is 15.4. The summed E-state index contributed by atoms with van der Waals surface area (Å²) in [6, 6.07) is 17.7. The third-order valence-electron chi connectivity index (χ3n) is 4.31. The van der Waals surface area contributed by atoms with Gasteiger partial charge in [-0.15, -0.1) is 0 Å². The second-order valence-electron chi connectivity index (χ2n) is 6.32. The average Bonchev–Trinajstić information content (AvgIpc) is 3.30. The van der Waals surface area contributed by atoms with E-state index in [4.69, 9.17) is 4.42 Å². The average molecular weight is 404 g/mol. The molecule has 0 aliphatic carbocycles. The van der Waals surface area contributed by atoms with Crippen LogP contribution in [0.2, 0.25) is 0 Å². The van der Waals surface area contributed by atoms with E-state index in [2.05, 4.69) is 10.3 Å². The van der Waals surface area contributed by atoms with Gasteiger partial charge in [-0.1, -0.05) is 36.4 Å². The van der Waals surface area contributed by atoms with Gasteiger partial charge in [0.2, 0.25) is 0 Å². The molecule has 3 aromatic rings. The lowest BCUT2D eigenvalue weighted by Crippen LogP contribution is -2.19. The highest BCUT2D eigenvalue weighted by Gasteiger charge is 2.24. The Bertz CT molecular complexity index is 1180. The Balaban J connectivity index is 1.59. The number of carboxylic acids is 1. The van der Waals surface area contributed by atoms with Gasteiger partial charge in [0.05, 0.1) is 16.2 Å². The smallest absolute Gasteiger partial charge is 0.336 e. The van der Waals surface area contributed by atoms with Crippen molar-refractivity contribution in [2.24, 2.45) is 4.99 Å². The predicted octanol–water partition coefficient (Wildman–Crippen LogP) is 4.84. The van der Waals surface area contributed by atoms with Crippen molar-refractivity contribution in [3.8, 4) is 11.3 Å². The minimum atomic E-state index is -1.03. The van der Waals surface area contributed by atoms with Crippen molar-refractivity contribution < 1.29 is 19.1 Å². The standard InChI is InChI=1S/C22H16N2O4S/c1-13-6-2-5-9-17(13)23-22-24-20(25)19(29-22)12-14-10-11-18(28-14)15-7-3-4-8-16(15)21(26)27/h2-12H,1H3,(H,26,27)(H,23,24,25)/b19-12-. The van der Waals surface area contributed by atoms with Crippen molar-refractivity contribution in [2.75, 3.05) is 0 Å². The van der Waals surface area contributed by atoms with Gasteiger partial charge in [0.1, 0.15) is 11.5 Å². The molecule has 7 heteroatoms. The second-order valence-corrected chi connectivity index (χ2v) is 7.35. The molecular formula is C22H16N2O4S. The molecule has 6 nitrogen and oxygen atoms in total. The van der Waals surface area contributed by atoms with E-state index in [0.29, 0.717) is 27.2 Å². The van der Waals surface area contributed by atoms with Crippen LogP contribution in [0.1, 0.15) is 21.7 Å². The number of nitrogens with zero attached hydrogens (tertiary/aromatic N) is 1. The molecule has 1 aliphatic rings. The lowest BCUT2D eigenvalue weighted by molar-refractivity contribution is -0.115. The number of thioether (sulfide) groups is 1. The van der Waals surface area contributed by atoms with Gasteiger partial charge in [-0.2, -0.15) is 0 Å². The van der Waals surface area contributed by atoms with Gasteiger partial charge in [0.15, 0.2) is 5.17 Å². The molecule has 0 radical (unpaired) electrons. The molecule has 2 heterocycles. The van der Waals surface area contributed by atoms with Gasteiger partial charge in [0, 0.05) is 11.6 Å². The summed E-state index contributed by atoms with van der Waals surface area (Å²) in [5.41, 5.74) is 2.44. The van der Waals surface area contributed by atoms with Gasteiger partial charge in [0.25, 0.3) is 5.91 Å². The van der Waals surface area contributed by atoms with Gasteiger partial charge in [-0.25, -0.2) is 9.79 Å². The summed E-state index contributed by atoms with van der Waals surface area (Å²) in [6.45, 7) is 1.96. The number of para-hydroxylation sites is 1. The van der Waals surface area contributed by atoms with Crippen LogP contribution >= 0.6 is 11.8 Å². The van der Waals surface area contributed by atoms with Crippen molar-refractivity contribution >= 4 is 40.6 Å². The van der Waals surface area contributed by atoms with Crippen LogP contribution < -0.4 is 5.32 Å². The Morgan fingerprint density at radius 2 is 1.86 bits per heavy atom. The molecule has 2 aromatic carbocycles. The first-order valence-corrected chi connectivity index (χ1v) is 9.60. The summed E-state index contributed by atoms with van der Waals surface area (Å²) in [5, 5.41) is 12.6. The van der Waals surface area contributed by atoms with Crippen LogP contribution in [-0.4, -0.2) is 22.2 Å². The molecule has 29 heavy (non-hydrogen) atoms. The first kappa shape index (κ1) is 18.8. The number of aliphatic imine (C=N–C) groups is 1. The number of amidine groups is 1. The molecule has 0 spiro atoms. The van der Waals surface area contributed by atoms with E-state index < -0.39 is 5.97 Å². The number of nitrogens with one attached hydrogen (secondary N) is 1. The zero-order valence-corrected chi connectivity index (χ0v) is 16.2. The highest BCUT2D eigenvalue weighted by molar-refractivity contribution is 8.18. The van der Waals surface area contributed by atoms with Crippen molar-refractivity contribution in [3.63, 3.8) is 0 Å². The molecule has 4 rings (SSSR count). The minimum absolute atomic E-state index is 0.154. The number of furan rings is 1. The number of benzene rings is 2. The SMILES string of the molecule is Cc1ccccc1N=C1NC(=O)/C(=C/c2ccc(-c3ccccc3C(=O)O)o2)S1. The van der Waals surface area contributed by atoms with Crippen molar-refractivity contribution in [3.05, 3.63) is 82.5 Å². The van der Waals surface area contributed by atoms with Crippen LogP contribution in [0.25, 0.3) is 17.4 Å². The third kappa shape index (κ3) is 4.00. The predicted molar refractivity (Wildman–Crippen MR) is 113 cm³/mol. The maximum absolute atomic E-state index is 12.3. The van der Waals surface area contributed by atoms with Gasteiger partial charge < -0.3 is 14.8 Å². The molecule has 1 aliphatic heterocycles. The van der Waals surface area contributed by atoms with Crippen LogP contribution in [0.3, 0.4) is 0 Å². The van der Waals surface area contributed by atoms with Crippen LogP contribution in [-0.2, 0) is 4.79 Å². The molecule has 1 aromatic heterocycles. The zero-order chi connectivity index (χ0) is 20.4. The van der Waals surface area contributed by atoms with Gasteiger partial charge in [-0.05, 0) is 48.5 Å². The van der Waals surface area contributed by atoms with Crippen LogP contribution in [0.5, 0.6) is 0 Å². The number of hydrogen-bond donors (Lipinski definition) is 2. The van der Waals surface area contributed by atoms with Crippen LogP contribution in [0, 0.1) is 6.92 Å². The number of carboxylic acid groups (broad SMARTS) is 1. The van der Waals surface area contributed by atoms with E-state index >= 15 is 0 Å². The quantitative estimate of drug-likeness (QED) is 0.607. The fourth-order valence-corrected chi connectivity index (χ4v) is 3.68. The van der Waals surface area contributed by atoms with Crippen molar-refractivity contribution in [1.29, 1.82) is 0 Å². The molecule has 0 saturated carbocycles. The Hall–Kier alpha value is -3.58. The highest BCUT2D eigenvalue weighted by Crippen LogP contribution is 2.31. The summed E-state index contributed by atoms with van der Waals surface area (Å²) in [6.07, 6.45) is 1.62. The summed E-state index contributed by atoms with van der Waals surface area (Å²) < 4.78 is 5.77. The molecule has 1 amide bonds. The molecule has 2 N–H and O–H groups in total. The fourth-order valence-electron chi connectivity index (χ4n) is 2.87. The minimum Gasteiger partial charge on any atom is -0.478 e. The lowest BCUT2D eigenvalue weighted by atomic mass is 10.1. The molecule has 1 fully saturated rings. The Morgan fingerprint density at radius 3 is 2.66 bits per heavy atom. The summed E-state index contributed by atoms with van der Waals surface area (Å²) in [7, 11) is 0. The number of amides is 1. The number of hydrogen-bond acceptors (Lipinski definition) is 5. The van der Waals surface area contributed by atoms with E-state index in [-0.39, 0.29) is 11.5 Å². The van der Waals surface area contributed by atoms with Crippen molar-refractivity contribution in [1.82, 2.24) is 5.32 Å². The number of rotatable bonds is 4. The molecule has 0 unspecified atom stereocenters. The topological polar surface area (TPSA) is 91.9 Å². The second kappa shape index (κ2) is 7.81. The third-order valence-corrected chi connectivity index (χ3v) is 5.22. The highest BCUT2D eigenvalue weighted by atomic mass is 32.2. The maximum Gasteiger partial charge on any atom is 0.336 e. The Kier molecular flexibility index (Phi) is 5.05. The normalized spacial score (nSPS) is 16.4. The first-order chi connectivity index (χ1) is 14.0. The van der Waals surface area contributed by atoms with Crippen LogP contribution in [0.4, 0.5) is 5.69 Å². The summed E-state index contributed by atoms with van der Waals surface area (Å²) in [4.78, 5) is 28.6. The van der Waals surface area contributed by atoms with Gasteiger partial charge in [-0.3, -0.25) is 4.79 Å². The molecule has 144 valence electrons. The van der Waals surface area contributed by atoms with E-state index in [9.17, 15) is 14.7 Å². The Morgan fingerprint density at radius 1 is 1.10 bits per heavy atom. The first-order valence-electron chi connectivity index (χ1n) is 8.79. The maximum atomic E-state index is 12.3. The van der Waals surface area contributed by atoms with E-state index in [0.717, 1.165) is 11.3 Å². The van der Waals surface area contributed by atoms with E-state index in [1.165, 1.54) is 17.8 Å². The largest absolute Gasteiger partial charge is 0.478 e.